The highest BCUT2D eigenvalue weighted by molar-refractivity contribution is 7.00. The van der Waals surface area contributed by atoms with Gasteiger partial charge in [0.05, 0.1) is 50.8 Å². The second kappa shape index (κ2) is 13.1. The quantitative estimate of drug-likeness (QED) is 0.165. The predicted octanol–water partition coefficient (Wildman–Crippen LogP) is 14.6. The van der Waals surface area contributed by atoms with E-state index in [1.165, 1.54) is 44.0 Å². The highest BCUT2D eigenvalue weighted by Crippen LogP contribution is 2.55. The van der Waals surface area contributed by atoms with Gasteiger partial charge in [-0.05, 0) is 101 Å². The zero-order valence-electron chi connectivity index (χ0n) is 37.2. The van der Waals surface area contributed by atoms with Crippen molar-refractivity contribution >= 4 is 129 Å². The van der Waals surface area contributed by atoms with Gasteiger partial charge in [-0.15, -0.1) is 0 Å². The lowest BCUT2D eigenvalue weighted by molar-refractivity contribution is 0.590. The average molecular weight is 861 g/mol. The summed E-state index contributed by atoms with van der Waals surface area (Å²) >= 11 is 0. The van der Waals surface area contributed by atoms with Crippen molar-refractivity contribution < 1.29 is 8.83 Å². The third-order valence-electron chi connectivity index (χ3n) is 14.6. The molecule has 6 nitrogen and oxygen atoms in total. The van der Waals surface area contributed by atoms with Gasteiger partial charge in [0.1, 0.15) is 11.2 Å². The van der Waals surface area contributed by atoms with Gasteiger partial charge < -0.3 is 28.1 Å². The van der Waals surface area contributed by atoms with Gasteiger partial charge in [-0.2, -0.15) is 0 Å². The van der Waals surface area contributed by atoms with Crippen molar-refractivity contribution in [2.45, 2.75) is 26.2 Å². The number of benzene rings is 9. The van der Waals surface area contributed by atoms with Crippen molar-refractivity contribution in [3.05, 3.63) is 200 Å². The number of anilines is 9. The van der Waals surface area contributed by atoms with Gasteiger partial charge in [-0.1, -0.05) is 136 Å². The Balaban J connectivity index is 1.14. The van der Waals surface area contributed by atoms with E-state index < -0.39 is 0 Å². The minimum atomic E-state index is -0.235. The van der Waals surface area contributed by atoms with E-state index >= 15 is 0 Å². The molecule has 3 aliphatic heterocycles. The van der Waals surface area contributed by atoms with E-state index in [1.807, 2.05) is 0 Å². The number of furan rings is 2. The van der Waals surface area contributed by atoms with Crippen LogP contribution in [0.1, 0.15) is 26.3 Å². The van der Waals surface area contributed by atoms with E-state index in [2.05, 4.69) is 234 Å². The molecule has 0 saturated heterocycles. The number of para-hydroxylation sites is 7. The van der Waals surface area contributed by atoms with E-state index in [1.54, 1.807) is 0 Å². The molecular weight excluding hydrogens is 819 g/mol. The molecule has 0 N–H and O–H groups in total. The first-order chi connectivity index (χ1) is 32.9. The van der Waals surface area contributed by atoms with Crippen LogP contribution in [0.5, 0.6) is 0 Å². The fraction of sp³-hybridized carbons (Fsp3) is 0.0667. The topological polar surface area (TPSA) is 40.9 Å². The standard InChI is InChI=1S/C60H41BN4O2/c1-60(2,3)36-31-32-53-44(33-36)56-59(67-53)61-45-25-16-28-48-57(45)64(47-27-14-23-42-40-21-10-12-26-46(40)63(48)55(42)47)50-34-39(62(37-17-6-4-7-18-37)38-19-8-5-9-20-38)35-51(54(50)61)65(56)49-29-15-24-43-41-22-11-13-30-52(41)66-58(43)49/h4-35H,1-3H3. The molecule has 12 aromatic rings. The molecule has 15 rings (SSSR count). The van der Waals surface area contributed by atoms with E-state index in [9.17, 15) is 0 Å². The Morgan fingerprint density at radius 2 is 1.06 bits per heavy atom. The molecule has 6 heterocycles. The SMILES string of the molecule is CC(C)(C)c1ccc2oc3c(c2c1)N(c1cccc2c1oc1ccccc12)c1cc(N(c2ccccc2)c2ccccc2)cc2c1B3c1cccc3c1N2c1cccc2c4ccccc4n-3c12. The summed E-state index contributed by atoms with van der Waals surface area (Å²) < 4.78 is 16.9. The number of aromatic nitrogens is 1. The summed E-state index contributed by atoms with van der Waals surface area (Å²) in [6.07, 6.45) is 0. The zero-order chi connectivity index (χ0) is 44.3. The predicted molar refractivity (Wildman–Crippen MR) is 279 cm³/mol. The third kappa shape index (κ3) is 4.90. The molecule has 0 radical (unpaired) electrons. The van der Waals surface area contributed by atoms with E-state index in [4.69, 9.17) is 8.83 Å². The average Bonchev–Trinajstić information content (AvgIpc) is 4.04. The molecule has 3 aromatic heterocycles. The Kier molecular flexibility index (Phi) is 7.22. The smallest absolute Gasteiger partial charge is 0.297 e. The first-order valence-corrected chi connectivity index (χ1v) is 23.2. The molecule has 67 heavy (non-hydrogen) atoms. The first kappa shape index (κ1) is 36.9. The minimum absolute atomic E-state index is 0.0944. The maximum Gasteiger partial charge on any atom is 0.297 e. The normalized spacial score (nSPS) is 13.5. The molecule has 0 aliphatic carbocycles. The summed E-state index contributed by atoms with van der Waals surface area (Å²) in [6.45, 7) is 6.63. The van der Waals surface area contributed by atoms with Crippen LogP contribution in [0.25, 0.3) is 60.4 Å². The summed E-state index contributed by atoms with van der Waals surface area (Å²) in [6, 6.07) is 70.6. The highest BCUT2D eigenvalue weighted by Gasteiger charge is 2.49. The van der Waals surface area contributed by atoms with Gasteiger partial charge >= 0.3 is 0 Å². The number of hydrogen-bond acceptors (Lipinski definition) is 5. The lowest BCUT2D eigenvalue weighted by atomic mass is 9.35. The Morgan fingerprint density at radius 1 is 0.448 bits per heavy atom. The van der Waals surface area contributed by atoms with Crippen molar-refractivity contribution in [2.75, 3.05) is 14.7 Å². The number of nitrogens with zero attached hydrogens (tertiary/aromatic N) is 4. The van der Waals surface area contributed by atoms with Crippen molar-refractivity contribution in [2.24, 2.45) is 0 Å². The maximum atomic E-state index is 7.40. The fourth-order valence-corrected chi connectivity index (χ4v) is 11.7. The van der Waals surface area contributed by atoms with Crippen LogP contribution in [0.4, 0.5) is 51.2 Å². The van der Waals surface area contributed by atoms with Crippen LogP contribution >= 0.6 is 0 Å². The molecule has 0 spiro atoms. The van der Waals surface area contributed by atoms with Crippen molar-refractivity contribution in [3.8, 4) is 5.69 Å². The van der Waals surface area contributed by atoms with E-state index in [0.29, 0.717) is 0 Å². The molecule has 9 aromatic carbocycles. The zero-order valence-corrected chi connectivity index (χ0v) is 37.2. The largest absolute Gasteiger partial charge is 0.468 e. The van der Waals surface area contributed by atoms with Gasteiger partial charge in [0.2, 0.25) is 0 Å². The molecule has 0 unspecified atom stereocenters. The summed E-state index contributed by atoms with van der Waals surface area (Å²) in [7, 11) is 0. The monoisotopic (exact) mass is 860 g/mol. The minimum Gasteiger partial charge on any atom is -0.468 e. The molecule has 0 amide bonds. The molecule has 3 aliphatic rings. The maximum absolute atomic E-state index is 7.40. The number of hydrogen-bond donors (Lipinski definition) is 0. The molecule has 0 atom stereocenters. The van der Waals surface area contributed by atoms with Crippen LogP contribution in [0.3, 0.4) is 0 Å². The molecule has 7 heteroatoms. The van der Waals surface area contributed by atoms with Gasteiger partial charge in [0, 0.05) is 49.7 Å². The Bertz CT molecular complexity index is 4030. The number of rotatable bonds is 4. The summed E-state index contributed by atoms with van der Waals surface area (Å²) in [5.74, 6) is 0. The van der Waals surface area contributed by atoms with Gasteiger partial charge in [0.25, 0.3) is 6.71 Å². The lowest BCUT2D eigenvalue weighted by Gasteiger charge is -2.45. The Labute approximate surface area is 387 Å². The van der Waals surface area contributed by atoms with Crippen LogP contribution in [-0.2, 0) is 5.41 Å². The van der Waals surface area contributed by atoms with Gasteiger partial charge in [-0.25, -0.2) is 0 Å². The van der Waals surface area contributed by atoms with Crippen LogP contribution in [-0.4, -0.2) is 11.3 Å². The van der Waals surface area contributed by atoms with E-state index in [0.717, 1.165) is 89.8 Å². The van der Waals surface area contributed by atoms with Crippen molar-refractivity contribution in [1.29, 1.82) is 0 Å². The summed E-state index contributed by atoms with van der Waals surface area (Å²) in [5, 5.41) is 5.72. The first-order valence-electron chi connectivity index (χ1n) is 23.2. The summed E-state index contributed by atoms with van der Waals surface area (Å²) in [5.41, 5.74) is 20.3. The Hall–Kier alpha value is -8.42. The highest BCUT2D eigenvalue weighted by atomic mass is 16.3. The molecule has 0 fully saturated rings. The van der Waals surface area contributed by atoms with E-state index in [-0.39, 0.29) is 12.1 Å². The molecule has 316 valence electrons. The molecular formula is C60H41BN4O2. The molecule has 0 saturated carbocycles. The number of fused-ring (bicyclic) bond motifs is 14. The van der Waals surface area contributed by atoms with Crippen LogP contribution < -0.4 is 31.3 Å². The van der Waals surface area contributed by atoms with Crippen LogP contribution in [0.2, 0.25) is 0 Å². The molecule has 0 bridgehead atoms. The third-order valence-corrected chi connectivity index (χ3v) is 14.6. The van der Waals surface area contributed by atoms with Crippen molar-refractivity contribution in [3.63, 3.8) is 0 Å². The van der Waals surface area contributed by atoms with Crippen LogP contribution in [0, 0.1) is 0 Å². The van der Waals surface area contributed by atoms with Crippen LogP contribution in [0.15, 0.2) is 203 Å². The lowest BCUT2D eigenvalue weighted by Crippen LogP contribution is -2.61. The van der Waals surface area contributed by atoms with Gasteiger partial charge in [-0.3, -0.25) is 0 Å². The summed E-state index contributed by atoms with van der Waals surface area (Å²) in [4.78, 5) is 7.43. The fourth-order valence-electron chi connectivity index (χ4n) is 11.7. The Morgan fingerprint density at radius 3 is 1.82 bits per heavy atom. The second-order valence-corrected chi connectivity index (χ2v) is 19.3. The van der Waals surface area contributed by atoms with Crippen molar-refractivity contribution in [1.82, 2.24) is 4.57 Å². The van der Waals surface area contributed by atoms with Gasteiger partial charge in [0.15, 0.2) is 5.58 Å². The second-order valence-electron chi connectivity index (χ2n) is 19.3.